The van der Waals surface area contributed by atoms with E-state index in [1.807, 2.05) is 6.92 Å². The third-order valence-electron chi connectivity index (χ3n) is 3.33. The number of rotatable bonds is 5. The van der Waals surface area contributed by atoms with E-state index in [0.29, 0.717) is 18.1 Å². The monoisotopic (exact) mass is 267 g/mol. The Labute approximate surface area is 112 Å². The van der Waals surface area contributed by atoms with Crippen molar-refractivity contribution >= 4 is 11.5 Å². The Hall–Kier alpha value is -1.63. The van der Waals surface area contributed by atoms with Crippen LogP contribution in [0.5, 0.6) is 0 Å². The van der Waals surface area contributed by atoms with Gasteiger partial charge < -0.3 is 0 Å². The van der Waals surface area contributed by atoms with Crippen LogP contribution in [0.3, 0.4) is 0 Å². The second-order valence-corrected chi connectivity index (χ2v) is 4.92. The molecule has 0 amide bonds. The summed E-state index contributed by atoms with van der Waals surface area (Å²) in [7, 11) is 0. The van der Waals surface area contributed by atoms with Crippen LogP contribution < -0.4 is 5.43 Å². The first-order chi connectivity index (χ1) is 9.13. The molecule has 0 saturated carbocycles. The summed E-state index contributed by atoms with van der Waals surface area (Å²) in [5.74, 6) is 0.520. The highest BCUT2D eigenvalue weighted by atomic mass is 16.6. The van der Waals surface area contributed by atoms with Crippen LogP contribution in [0.15, 0.2) is 0 Å². The molecule has 0 radical (unpaired) electrons. The lowest BCUT2D eigenvalue weighted by Crippen LogP contribution is -2.36. The van der Waals surface area contributed by atoms with Crippen LogP contribution in [0.1, 0.15) is 38.3 Å². The van der Waals surface area contributed by atoms with Gasteiger partial charge in [-0.3, -0.25) is 15.5 Å². The van der Waals surface area contributed by atoms with Crippen molar-refractivity contribution in [3.63, 3.8) is 0 Å². The minimum Gasteiger partial charge on any atom is -0.297 e. The summed E-state index contributed by atoms with van der Waals surface area (Å²) >= 11 is 0. The second kappa shape index (κ2) is 6.01. The lowest BCUT2D eigenvalue weighted by molar-refractivity contribution is -0.384. The highest BCUT2D eigenvalue weighted by Crippen LogP contribution is 2.29. The van der Waals surface area contributed by atoms with Crippen molar-refractivity contribution in [3.05, 3.63) is 15.8 Å². The Kier molecular flexibility index (Phi) is 4.36. The molecule has 2 heterocycles. The molecule has 2 rings (SSSR count). The zero-order valence-corrected chi connectivity index (χ0v) is 11.6. The predicted molar refractivity (Wildman–Crippen MR) is 73.0 cm³/mol. The van der Waals surface area contributed by atoms with Crippen LogP contribution in [0, 0.1) is 17.0 Å². The van der Waals surface area contributed by atoms with E-state index < -0.39 is 0 Å². The summed E-state index contributed by atoms with van der Waals surface area (Å²) < 4.78 is 1.71. The number of anilines is 1. The summed E-state index contributed by atoms with van der Waals surface area (Å²) in [4.78, 5) is 10.8. The van der Waals surface area contributed by atoms with Crippen LogP contribution in [0.25, 0.3) is 0 Å². The molecule has 0 bridgehead atoms. The van der Waals surface area contributed by atoms with Gasteiger partial charge in [0.15, 0.2) is 0 Å². The average molecular weight is 267 g/mol. The van der Waals surface area contributed by atoms with Crippen LogP contribution in [-0.4, -0.2) is 32.8 Å². The summed E-state index contributed by atoms with van der Waals surface area (Å²) in [6.45, 7) is 6.26. The molecule has 106 valence electrons. The van der Waals surface area contributed by atoms with E-state index in [-0.39, 0.29) is 10.6 Å². The molecular formula is C12H21N5O2. The molecule has 7 heteroatoms. The Morgan fingerprint density at radius 1 is 1.37 bits per heavy atom. The maximum Gasteiger partial charge on any atom is 0.335 e. The van der Waals surface area contributed by atoms with Gasteiger partial charge in [0.1, 0.15) is 5.69 Å². The zero-order valence-electron chi connectivity index (χ0n) is 11.6. The first-order valence-electron chi connectivity index (χ1n) is 6.87. The van der Waals surface area contributed by atoms with E-state index in [2.05, 4.69) is 15.5 Å². The molecule has 0 aromatic carbocycles. The van der Waals surface area contributed by atoms with Crippen molar-refractivity contribution in [2.24, 2.45) is 0 Å². The number of nitrogens with one attached hydrogen (secondary N) is 1. The summed E-state index contributed by atoms with van der Waals surface area (Å²) in [5, 5.41) is 17.5. The van der Waals surface area contributed by atoms with E-state index in [0.717, 1.165) is 32.4 Å². The quantitative estimate of drug-likeness (QED) is 0.654. The summed E-state index contributed by atoms with van der Waals surface area (Å²) in [5.41, 5.74) is 3.76. The largest absolute Gasteiger partial charge is 0.335 e. The summed E-state index contributed by atoms with van der Waals surface area (Å²) in [6.07, 6.45) is 4.38. The van der Waals surface area contributed by atoms with Gasteiger partial charge >= 0.3 is 5.69 Å². The fourth-order valence-corrected chi connectivity index (χ4v) is 2.43. The maximum atomic E-state index is 11.2. The van der Waals surface area contributed by atoms with Crippen LogP contribution in [0.2, 0.25) is 0 Å². The lowest BCUT2D eigenvalue weighted by atomic mass is 10.2. The van der Waals surface area contributed by atoms with Crippen LogP contribution in [-0.2, 0) is 6.54 Å². The Bertz CT molecular complexity index is 451. The topological polar surface area (TPSA) is 76.2 Å². The minimum absolute atomic E-state index is 0.0963. The van der Waals surface area contributed by atoms with Gasteiger partial charge in [-0.25, -0.2) is 9.69 Å². The number of hydrogen-bond donors (Lipinski definition) is 1. The number of piperidine rings is 1. The fourth-order valence-electron chi connectivity index (χ4n) is 2.43. The van der Waals surface area contributed by atoms with Gasteiger partial charge in [-0.15, -0.1) is 0 Å². The summed E-state index contributed by atoms with van der Waals surface area (Å²) in [6, 6.07) is 0. The molecular weight excluding hydrogens is 246 g/mol. The van der Waals surface area contributed by atoms with Gasteiger partial charge in [-0.05, 0) is 26.2 Å². The molecule has 1 aliphatic rings. The highest BCUT2D eigenvalue weighted by Gasteiger charge is 2.26. The third kappa shape index (κ3) is 3.04. The number of hydrogen-bond acceptors (Lipinski definition) is 5. The van der Waals surface area contributed by atoms with Gasteiger partial charge in [0.2, 0.25) is 5.82 Å². The van der Waals surface area contributed by atoms with E-state index in [1.54, 1.807) is 11.6 Å². The van der Waals surface area contributed by atoms with Crippen molar-refractivity contribution in [3.8, 4) is 0 Å². The predicted octanol–water partition coefficient (Wildman–Crippen LogP) is 2.32. The molecule has 7 nitrogen and oxygen atoms in total. The number of hydrazine groups is 1. The van der Waals surface area contributed by atoms with Crippen molar-refractivity contribution in [1.29, 1.82) is 0 Å². The van der Waals surface area contributed by atoms with Crippen LogP contribution >= 0.6 is 0 Å². The fraction of sp³-hybridized carbons (Fsp3) is 0.750. The molecule has 19 heavy (non-hydrogen) atoms. The third-order valence-corrected chi connectivity index (χ3v) is 3.33. The van der Waals surface area contributed by atoms with Gasteiger partial charge in [0.05, 0.1) is 4.92 Å². The smallest absolute Gasteiger partial charge is 0.297 e. The lowest BCUT2D eigenvalue weighted by Gasteiger charge is -2.27. The molecule has 1 saturated heterocycles. The molecule has 0 atom stereocenters. The Morgan fingerprint density at radius 2 is 2.05 bits per heavy atom. The number of nitro groups is 1. The highest BCUT2D eigenvalue weighted by molar-refractivity contribution is 5.59. The Balaban J connectivity index is 2.26. The molecule has 1 fully saturated rings. The normalized spacial score (nSPS) is 16.5. The zero-order chi connectivity index (χ0) is 13.8. The van der Waals surface area contributed by atoms with E-state index >= 15 is 0 Å². The van der Waals surface area contributed by atoms with E-state index in [4.69, 9.17) is 0 Å². The first-order valence-corrected chi connectivity index (χ1v) is 6.87. The minimum atomic E-state index is -0.346. The molecule has 1 N–H and O–H groups in total. The van der Waals surface area contributed by atoms with E-state index in [9.17, 15) is 10.1 Å². The number of aryl methyl sites for hydroxylation is 2. The van der Waals surface area contributed by atoms with Gasteiger partial charge in [-0.1, -0.05) is 13.3 Å². The van der Waals surface area contributed by atoms with Crippen molar-refractivity contribution in [2.75, 3.05) is 18.5 Å². The molecule has 1 aromatic heterocycles. The van der Waals surface area contributed by atoms with E-state index in [1.165, 1.54) is 6.42 Å². The van der Waals surface area contributed by atoms with Gasteiger partial charge in [-0.2, -0.15) is 5.10 Å². The second-order valence-electron chi connectivity index (χ2n) is 4.92. The number of nitrogens with zero attached hydrogens (tertiary/aromatic N) is 4. The van der Waals surface area contributed by atoms with Gasteiger partial charge in [0.25, 0.3) is 0 Å². The van der Waals surface area contributed by atoms with Gasteiger partial charge in [0, 0.05) is 19.6 Å². The van der Waals surface area contributed by atoms with Crippen molar-refractivity contribution < 1.29 is 4.92 Å². The molecule has 0 spiro atoms. The molecule has 0 unspecified atom stereocenters. The van der Waals surface area contributed by atoms with Crippen LogP contribution in [0.4, 0.5) is 11.5 Å². The molecule has 1 aliphatic heterocycles. The molecule has 1 aromatic rings. The Morgan fingerprint density at radius 3 is 2.63 bits per heavy atom. The first kappa shape index (κ1) is 13.8. The standard InChI is InChI=1S/C12H21N5O2/c1-3-7-16-12(11(17(18)19)10(2)13-16)14-15-8-5-4-6-9-15/h14H,3-9H2,1-2H3. The average Bonchev–Trinajstić information content (AvgIpc) is 2.67. The SMILES string of the molecule is CCCn1nc(C)c([N+](=O)[O-])c1NN1CCCCC1. The van der Waals surface area contributed by atoms with Crippen molar-refractivity contribution in [1.82, 2.24) is 14.8 Å². The molecule has 0 aliphatic carbocycles. The van der Waals surface area contributed by atoms with Crippen molar-refractivity contribution in [2.45, 2.75) is 46.1 Å². The number of aromatic nitrogens is 2. The maximum absolute atomic E-state index is 11.2.